The highest BCUT2D eigenvalue weighted by Crippen LogP contribution is 2.29. The van der Waals surface area contributed by atoms with Gasteiger partial charge in [0.05, 0.1) is 9.82 Å². The molecular weight excluding hydrogens is 444 g/mol. The summed E-state index contributed by atoms with van der Waals surface area (Å²) in [4.78, 5) is 25.3. The van der Waals surface area contributed by atoms with Gasteiger partial charge in [0.15, 0.2) is 0 Å². The van der Waals surface area contributed by atoms with Crippen LogP contribution < -0.4 is 5.32 Å². The molecule has 3 rings (SSSR count). The maximum atomic E-state index is 13.4. The maximum absolute atomic E-state index is 13.4. The van der Waals surface area contributed by atoms with Crippen molar-refractivity contribution in [3.63, 3.8) is 0 Å². The zero-order valence-electron chi connectivity index (χ0n) is 19.4. The summed E-state index contributed by atoms with van der Waals surface area (Å²) in [5.74, 6) is -0.114. The number of amides is 1. The van der Waals surface area contributed by atoms with Gasteiger partial charge in [-0.1, -0.05) is 18.2 Å². The summed E-state index contributed by atoms with van der Waals surface area (Å²) < 4.78 is 28.2. The number of nitrogens with zero attached hydrogens (tertiary/aromatic N) is 3. The number of sulfonamides is 1. The standard InChI is InChI=1S/C23H30N4O5S/c1-16-15-17(2)19(4)23(18(16)3)33(31,32)26-13-11-25(12-14-26)22(28)9-10-24-20-7-5-6-8-21(20)27(29)30/h5-8,15,24H,9-14H2,1-4H3. The molecule has 9 nitrogen and oxygen atoms in total. The molecule has 1 heterocycles. The van der Waals surface area contributed by atoms with Gasteiger partial charge >= 0.3 is 0 Å². The van der Waals surface area contributed by atoms with Crippen LogP contribution in [0.3, 0.4) is 0 Å². The van der Waals surface area contributed by atoms with E-state index in [-0.39, 0.29) is 37.6 Å². The molecule has 0 aliphatic carbocycles. The Morgan fingerprint density at radius 3 is 2.18 bits per heavy atom. The van der Waals surface area contributed by atoms with E-state index in [9.17, 15) is 23.3 Å². The summed E-state index contributed by atoms with van der Waals surface area (Å²) in [5, 5.41) is 14.0. The third-order valence-electron chi connectivity index (χ3n) is 6.24. The van der Waals surface area contributed by atoms with Crippen LogP contribution in [0.1, 0.15) is 28.7 Å². The number of carbonyl (C=O) groups excluding carboxylic acids is 1. The number of aryl methyl sites for hydroxylation is 2. The Morgan fingerprint density at radius 2 is 1.61 bits per heavy atom. The quantitative estimate of drug-likeness (QED) is 0.487. The molecule has 1 fully saturated rings. The monoisotopic (exact) mass is 474 g/mol. The van der Waals surface area contributed by atoms with Crippen molar-refractivity contribution in [1.29, 1.82) is 0 Å². The van der Waals surface area contributed by atoms with E-state index in [2.05, 4.69) is 5.32 Å². The smallest absolute Gasteiger partial charge is 0.292 e. The minimum atomic E-state index is -3.66. The van der Waals surface area contributed by atoms with E-state index in [1.807, 2.05) is 33.8 Å². The zero-order valence-corrected chi connectivity index (χ0v) is 20.2. The highest BCUT2D eigenvalue weighted by Gasteiger charge is 2.32. The molecule has 0 bridgehead atoms. The van der Waals surface area contributed by atoms with Gasteiger partial charge < -0.3 is 10.2 Å². The minimum absolute atomic E-state index is 0.0410. The van der Waals surface area contributed by atoms with Gasteiger partial charge in [0.2, 0.25) is 15.9 Å². The molecule has 0 atom stereocenters. The second kappa shape index (κ2) is 9.88. The molecule has 0 spiro atoms. The van der Waals surface area contributed by atoms with Crippen molar-refractivity contribution in [2.45, 2.75) is 39.0 Å². The van der Waals surface area contributed by atoms with Crippen molar-refractivity contribution in [3.05, 3.63) is 62.7 Å². The van der Waals surface area contributed by atoms with E-state index in [4.69, 9.17) is 0 Å². The van der Waals surface area contributed by atoms with E-state index < -0.39 is 14.9 Å². The topological polar surface area (TPSA) is 113 Å². The third kappa shape index (κ3) is 5.17. The summed E-state index contributed by atoms with van der Waals surface area (Å²) in [6.07, 6.45) is 0.161. The van der Waals surface area contributed by atoms with Gasteiger partial charge in [-0.3, -0.25) is 14.9 Å². The number of para-hydroxylation sites is 2. The fraction of sp³-hybridized carbons (Fsp3) is 0.435. The number of rotatable bonds is 7. The van der Waals surface area contributed by atoms with Gasteiger partial charge in [0.1, 0.15) is 5.69 Å². The number of nitrogens with one attached hydrogen (secondary N) is 1. The van der Waals surface area contributed by atoms with Crippen LogP contribution in [0, 0.1) is 37.8 Å². The summed E-state index contributed by atoms with van der Waals surface area (Å²) in [6.45, 7) is 8.83. The summed E-state index contributed by atoms with van der Waals surface area (Å²) >= 11 is 0. The van der Waals surface area contributed by atoms with E-state index in [0.29, 0.717) is 23.7 Å². The fourth-order valence-electron chi connectivity index (χ4n) is 4.12. The van der Waals surface area contributed by atoms with Crippen LogP contribution in [0.15, 0.2) is 35.2 Å². The Kier molecular flexibility index (Phi) is 7.38. The number of benzene rings is 2. The molecule has 0 saturated carbocycles. The Bertz CT molecular complexity index is 1150. The van der Waals surface area contributed by atoms with Crippen LogP contribution in [0.25, 0.3) is 0 Å². The normalized spacial score (nSPS) is 14.8. The fourth-order valence-corrected chi connectivity index (χ4v) is 6.12. The molecule has 0 aromatic heterocycles. The van der Waals surface area contributed by atoms with E-state index >= 15 is 0 Å². The molecule has 2 aromatic carbocycles. The Balaban J connectivity index is 1.60. The molecule has 2 aromatic rings. The Labute approximate surface area is 194 Å². The largest absolute Gasteiger partial charge is 0.379 e. The molecule has 33 heavy (non-hydrogen) atoms. The van der Waals surface area contributed by atoms with Gasteiger partial charge in [0, 0.05) is 45.2 Å². The number of hydrogen-bond donors (Lipinski definition) is 1. The van der Waals surface area contributed by atoms with Crippen LogP contribution in [0.5, 0.6) is 0 Å². The first kappa shape index (κ1) is 24.7. The lowest BCUT2D eigenvalue weighted by Crippen LogP contribution is -2.50. The van der Waals surface area contributed by atoms with E-state index in [1.54, 1.807) is 23.1 Å². The summed E-state index contributed by atoms with van der Waals surface area (Å²) in [7, 11) is -3.66. The van der Waals surface area contributed by atoms with Crippen LogP contribution >= 0.6 is 0 Å². The van der Waals surface area contributed by atoms with E-state index in [0.717, 1.165) is 22.3 Å². The molecule has 1 aliphatic rings. The molecule has 0 radical (unpaired) electrons. The second-order valence-corrected chi connectivity index (χ2v) is 10.2. The van der Waals surface area contributed by atoms with E-state index in [1.165, 1.54) is 10.4 Å². The van der Waals surface area contributed by atoms with Crippen molar-refractivity contribution >= 4 is 27.3 Å². The van der Waals surface area contributed by atoms with Crippen molar-refractivity contribution in [1.82, 2.24) is 9.21 Å². The molecule has 1 aliphatic heterocycles. The predicted molar refractivity (Wildman–Crippen MR) is 127 cm³/mol. The zero-order chi connectivity index (χ0) is 24.3. The van der Waals surface area contributed by atoms with Crippen molar-refractivity contribution < 1.29 is 18.1 Å². The molecule has 1 amide bonds. The highest BCUT2D eigenvalue weighted by molar-refractivity contribution is 7.89. The molecular formula is C23H30N4O5S. The number of hydrogen-bond acceptors (Lipinski definition) is 6. The lowest BCUT2D eigenvalue weighted by atomic mass is 10.0. The van der Waals surface area contributed by atoms with Crippen LogP contribution in [0.2, 0.25) is 0 Å². The predicted octanol–water partition coefficient (Wildman–Crippen LogP) is 3.16. The number of nitro benzene ring substituents is 1. The van der Waals surface area contributed by atoms with Gasteiger partial charge in [-0.2, -0.15) is 4.31 Å². The molecule has 0 unspecified atom stereocenters. The first-order valence-electron chi connectivity index (χ1n) is 10.9. The van der Waals surface area contributed by atoms with Crippen LogP contribution in [-0.4, -0.2) is 61.2 Å². The average molecular weight is 475 g/mol. The first-order chi connectivity index (χ1) is 15.5. The van der Waals surface area contributed by atoms with Crippen LogP contribution in [0.4, 0.5) is 11.4 Å². The Hall–Kier alpha value is -2.98. The van der Waals surface area contributed by atoms with Crippen molar-refractivity contribution in [2.75, 3.05) is 38.0 Å². The first-order valence-corrected chi connectivity index (χ1v) is 12.3. The highest BCUT2D eigenvalue weighted by atomic mass is 32.2. The molecule has 10 heteroatoms. The van der Waals surface area contributed by atoms with Gasteiger partial charge in [-0.05, 0) is 56.0 Å². The SMILES string of the molecule is Cc1cc(C)c(C)c(S(=O)(=O)N2CCN(C(=O)CCNc3ccccc3[N+](=O)[O-])CC2)c1C. The average Bonchev–Trinajstić information content (AvgIpc) is 2.78. The summed E-state index contributed by atoms with van der Waals surface area (Å²) in [6, 6.07) is 8.28. The molecule has 1 saturated heterocycles. The minimum Gasteiger partial charge on any atom is -0.379 e. The Morgan fingerprint density at radius 1 is 1.03 bits per heavy atom. The number of anilines is 1. The van der Waals surface area contributed by atoms with Gasteiger partial charge in [0.25, 0.3) is 5.69 Å². The number of piperazine rings is 1. The van der Waals surface area contributed by atoms with Gasteiger partial charge in [-0.25, -0.2) is 8.42 Å². The molecule has 1 N–H and O–H groups in total. The number of carbonyl (C=O) groups is 1. The lowest BCUT2D eigenvalue weighted by molar-refractivity contribution is -0.384. The maximum Gasteiger partial charge on any atom is 0.292 e. The lowest BCUT2D eigenvalue weighted by Gasteiger charge is -2.35. The number of nitro groups is 1. The molecule has 178 valence electrons. The van der Waals surface area contributed by atoms with Crippen molar-refractivity contribution in [3.8, 4) is 0 Å². The summed E-state index contributed by atoms with van der Waals surface area (Å²) in [5.41, 5.74) is 3.73. The van der Waals surface area contributed by atoms with Crippen molar-refractivity contribution in [2.24, 2.45) is 0 Å². The van der Waals surface area contributed by atoms with Gasteiger partial charge in [-0.15, -0.1) is 0 Å². The second-order valence-electron chi connectivity index (χ2n) is 8.33. The van der Waals surface area contributed by atoms with Crippen LogP contribution in [-0.2, 0) is 14.8 Å². The third-order valence-corrected chi connectivity index (χ3v) is 8.41.